The minimum Gasteiger partial charge on any atom is -0.464 e. The molecule has 1 aliphatic carbocycles. The number of amides is 1. The first-order chi connectivity index (χ1) is 9.57. The molecule has 112 valence electrons. The lowest BCUT2D eigenvalue weighted by Gasteiger charge is -2.31. The summed E-state index contributed by atoms with van der Waals surface area (Å²) in [5.74, 6) is 1.75. The Morgan fingerprint density at radius 3 is 2.50 bits per heavy atom. The van der Waals surface area contributed by atoms with Gasteiger partial charge >= 0.3 is 0 Å². The van der Waals surface area contributed by atoms with E-state index in [0.717, 1.165) is 37.2 Å². The maximum atomic E-state index is 12.7. The summed E-state index contributed by atoms with van der Waals surface area (Å²) >= 11 is 0. The average molecular weight is 278 g/mol. The number of nitrogens with two attached hydrogens (primary N) is 1. The fourth-order valence-corrected chi connectivity index (χ4v) is 3.04. The van der Waals surface area contributed by atoms with Crippen LogP contribution in [0.1, 0.15) is 63.0 Å². The number of aryl methyl sites for hydroxylation is 1. The van der Waals surface area contributed by atoms with E-state index < -0.39 is 0 Å². The molecule has 20 heavy (non-hydrogen) atoms. The lowest BCUT2D eigenvalue weighted by atomic mass is 9.79. The Morgan fingerprint density at radius 1 is 1.35 bits per heavy atom. The van der Waals surface area contributed by atoms with E-state index >= 15 is 0 Å². The molecule has 0 aromatic carbocycles. The van der Waals surface area contributed by atoms with E-state index in [-0.39, 0.29) is 17.4 Å². The summed E-state index contributed by atoms with van der Waals surface area (Å²) in [6.07, 6.45) is 6.42. The van der Waals surface area contributed by atoms with Crippen LogP contribution in [0.15, 0.2) is 16.5 Å². The SMILES string of the molecule is Cc1ccc(C(C)NC(=O)C2(CN)CCCCCC2)o1. The van der Waals surface area contributed by atoms with Crippen molar-refractivity contribution in [2.24, 2.45) is 11.1 Å². The molecule has 1 aromatic rings. The van der Waals surface area contributed by atoms with Crippen LogP contribution in [0, 0.1) is 12.3 Å². The molecular weight excluding hydrogens is 252 g/mol. The molecule has 0 spiro atoms. The summed E-state index contributed by atoms with van der Waals surface area (Å²) < 4.78 is 5.58. The Bertz CT molecular complexity index is 445. The van der Waals surface area contributed by atoms with Gasteiger partial charge in [-0.05, 0) is 38.8 Å². The van der Waals surface area contributed by atoms with Gasteiger partial charge in [0.1, 0.15) is 11.5 Å². The number of carbonyl (C=O) groups is 1. The smallest absolute Gasteiger partial charge is 0.228 e. The lowest BCUT2D eigenvalue weighted by molar-refractivity contribution is -0.132. The van der Waals surface area contributed by atoms with E-state index in [1.807, 2.05) is 26.0 Å². The van der Waals surface area contributed by atoms with Gasteiger partial charge in [-0.25, -0.2) is 0 Å². The Kier molecular flexibility index (Phi) is 4.86. The zero-order valence-electron chi connectivity index (χ0n) is 12.6. The minimum atomic E-state index is -0.383. The highest BCUT2D eigenvalue weighted by molar-refractivity contribution is 5.83. The van der Waals surface area contributed by atoms with Gasteiger partial charge in [0, 0.05) is 6.54 Å². The molecule has 1 fully saturated rings. The molecule has 0 aliphatic heterocycles. The van der Waals surface area contributed by atoms with E-state index in [1.54, 1.807) is 0 Å². The summed E-state index contributed by atoms with van der Waals surface area (Å²) in [5, 5.41) is 3.09. The molecule has 4 heteroatoms. The number of nitrogens with one attached hydrogen (secondary N) is 1. The van der Waals surface area contributed by atoms with Crippen molar-refractivity contribution < 1.29 is 9.21 Å². The number of hydrogen-bond donors (Lipinski definition) is 2. The molecule has 0 radical (unpaired) electrons. The quantitative estimate of drug-likeness (QED) is 0.832. The van der Waals surface area contributed by atoms with Gasteiger partial charge in [0.25, 0.3) is 0 Å². The minimum absolute atomic E-state index is 0.0865. The zero-order chi connectivity index (χ0) is 14.6. The molecule has 3 N–H and O–H groups in total. The summed E-state index contributed by atoms with van der Waals surface area (Å²) in [5.41, 5.74) is 5.56. The van der Waals surface area contributed by atoms with E-state index in [1.165, 1.54) is 12.8 Å². The van der Waals surface area contributed by atoms with Crippen molar-refractivity contribution in [1.82, 2.24) is 5.32 Å². The Balaban J connectivity index is 2.05. The van der Waals surface area contributed by atoms with Crippen LogP contribution in [0.4, 0.5) is 0 Å². The zero-order valence-corrected chi connectivity index (χ0v) is 12.6. The van der Waals surface area contributed by atoms with Crippen molar-refractivity contribution in [3.8, 4) is 0 Å². The summed E-state index contributed by atoms with van der Waals surface area (Å²) in [4.78, 5) is 12.7. The van der Waals surface area contributed by atoms with Crippen LogP contribution < -0.4 is 11.1 Å². The van der Waals surface area contributed by atoms with Crippen LogP contribution in [-0.2, 0) is 4.79 Å². The standard InChI is InChI=1S/C16H26N2O2/c1-12-7-8-14(20-12)13(2)18-15(19)16(11-17)9-5-3-4-6-10-16/h7-8,13H,3-6,9-11,17H2,1-2H3,(H,18,19). The molecule has 1 aliphatic rings. The second-order valence-corrected chi connectivity index (χ2v) is 6.04. The third kappa shape index (κ3) is 3.23. The van der Waals surface area contributed by atoms with E-state index in [2.05, 4.69) is 5.32 Å². The van der Waals surface area contributed by atoms with Gasteiger partial charge in [-0.3, -0.25) is 4.79 Å². The van der Waals surface area contributed by atoms with Crippen molar-refractivity contribution in [1.29, 1.82) is 0 Å². The van der Waals surface area contributed by atoms with E-state index in [0.29, 0.717) is 6.54 Å². The highest BCUT2D eigenvalue weighted by atomic mass is 16.3. The second kappa shape index (κ2) is 6.44. The Labute approximate surface area is 121 Å². The Morgan fingerprint density at radius 2 is 2.00 bits per heavy atom. The average Bonchev–Trinajstić information content (AvgIpc) is 2.73. The van der Waals surface area contributed by atoms with Gasteiger partial charge < -0.3 is 15.5 Å². The predicted octanol–water partition coefficient (Wildman–Crippen LogP) is 3.06. The van der Waals surface area contributed by atoms with Crippen molar-refractivity contribution in [2.75, 3.05) is 6.54 Å². The summed E-state index contributed by atoms with van der Waals surface area (Å²) in [6, 6.07) is 3.73. The first-order valence-electron chi connectivity index (χ1n) is 7.65. The number of carbonyl (C=O) groups excluding carboxylic acids is 1. The number of furan rings is 1. The van der Waals surface area contributed by atoms with Gasteiger partial charge in [-0.2, -0.15) is 0 Å². The molecule has 1 amide bonds. The maximum absolute atomic E-state index is 12.7. The first-order valence-corrected chi connectivity index (χ1v) is 7.65. The van der Waals surface area contributed by atoms with Crippen LogP contribution in [0.5, 0.6) is 0 Å². The Hall–Kier alpha value is -1.29. The van der Waals surface area contributed by atoms with Gasteiger partial charge in [0.05, 0.1) is 11.5 Å². The van der Waals surface area contributed by atoms with E-state index in [4.69, 9.17) is 10.2 Å². The fourth-order valence-electron chi connectivity index (χ4n) is 3.04. The van der Waals surface area contributed by atoms with Crippen molar-refractivity contribution >= 4 is 5.91 Å². The van der Waals surface area contributed by atoms with Crippen LogP contribution in [0.2, 0.25) is 0 Å². The molecular formula is C16H26N2O2. The fraction of sp³-hybridized carbons (Fsp3) is 0.688. The molecule has 0 saturated heterocycles. The normalized spacial score (nSPS) is 20.1. The highest BCUT2D eigenvalue weighted by Gasteiger charge is 2.37. The monoisotopic (exact) mass is 278 g/mol. The predicted molar refractivity (Wildman–Crippen MR) is 79.2 cm³/mol. The molecule has 0 bridgehead atoms. The topological polar surface area (TPSA) is 68.3 Å². The van der Waals surface area contributed by atoms with Crippen LogP contribution in [-0.4, -0.2) is 12.5 Å². The summed E-state index contributed by atoms with van der Waals surface area (Å²) in [7, 11) is 0. The third-order valence-electron chi connectivity index (χ3n) is 4.47. The molecule has 1 aromatic heterocycles. The largest absolute Gasteiger partial charge is 0.464 e. The molecule has 4 nitrogen and oxygen atoms in total. The van der Waals surface area contributed by atoms with Crippen molar-refractivity contribution in [3.63, 3.8) is 0 Å². The van der Waals surface area contributed by atoms with Gasteiger partial charge in [-0.15, -0.1) is 0 Å². The molecule has 1 atom stereocenters. The molecule has 1 saturated carbocycles. The highest BCUT2D eigenvalue weighted by Crippen LogP contribution is 2.35. The molecule has 1 heterocycles. The van der Waals surface area contributed by atoms with Crippen molar-refractivity contribution in [2.45, 2.75) is 58.4 Å². The van der Waals surface area contributed by atoms with Crippen molar-refractivity contribution in [3.05, 3.63) is 23.7 Å². The van der Waals surface area contributed by atoms with E-state index in [9.17, 15) is 4.79 Å². The lowest BCUT2D eigenvalue weighted by Crippen LogP contribution is -2.46. The second-order valence-electron chi connectivity index (χ2n) is 6.04. The summed E-state index contributed by atoms with van der Waals surface area (Å²) in [6.45, 7) is 4.30. The van der Waals surface area contributed by atoms with Gasteiger partial charge in [0.2, 0.25) is 5.91 Å². The maximum Gasteiger partial charge on any atom is 0.228 e. The van der Waals surface area contributed by atoms with Crippen LogP contribution >= 0.6 is 0 Å². The number of hydrogen-bond acceptors (Lipinski definition) is 3. The van der Waals surface area contributed by atoms with Crippen LogP contribution in [0.3, 0.4) is 0 Å². The third-order valence-corrected chi connectivity index (χ3v) is 4.47. The first kappa shape index (κ1) is 15.1. The van der Waals surface area contributed by atoms with Crippen LogP contribution in [0.25, 0.3) is 0 Å². The van der Waals surface area contributed by atoms with Gasteiger partial charge in [0.15, 0.2) is 0 Å². The van der Waals surface area contributed by atoms with Gasteiger partial charge in [-0.1, -0.05) is 25.7 Å². The number of rotatable bonds is 4. The molecule has 1 unspecified atom stereocenters. The molecule has 2 rings (SSSR count).